The lowest BCUT2D eigenvalue weighted by Gasteiger charge is -2.18. The van der Waals surface area contributed by atoms with Crippen LogP contribution in [0.1, 0.15) is 131 Å². The second-order valence-corrected chi connectivity index (χ2v) is 20.5. The molecule has 0 atom stereocenters. The van der Waals surface area contributed by atoms with Crippen LogP contribution in [0, 0.1) is 0 Å². The number of fused-ring (bicyclic) bond motifs is 4. The molecule has 65 heavy (non-hydrogen) atoms. The molecule has 0 aliphatic carbocycles. The SMILES string of the molecule is CC(C)(C)c1ncc2ccccc2n1.CC(C)(C)c1ncnc2ccccc12.CC(C)(C)c1nncc2ccccc12.CC(C)(C)c1nncc2ccccc12.CC(C)c1ccncc1. The lowest BCUT2D eigenvalue weighted by Crippen LogP contribution is -2.15. The Morgan fingerprint density at radius 2 is 0.846 bits per heavy atom. The zero-order valence-corrected chi connectivity index (χ0v) is 41.0. The number of nitrogens with zero attached hydrogens (tertiary/aromatic N) is 9. The van der Waals surface area contributed by atoms with Crippen LogP contribution in [0.5, 0.6) is 0 Å². The van der Waals surface area contributed by atoms with Gasteiger partial charge in [-0.25, -0.2) is 19.9 Å². The molecule has 0 saturated heterocycles. The minimum atomic E-state index is 0.0179. The van der Waals surface area contributed by atoms with Gasteiger partial charge in [0.25, 0.3) is 0 Å². The van der Waals surface area contributed by atoms with Gasteiger partial charge >= 0.3 is 0 Å². The molecule has 0 aliphatic heterocycles. The summed E-state index contributed by atoms with van der Waals surface area (Å²) in [7, 11) is 0. The molecule has 0 amide bonds. The molecular weight excluding hydrogens is 799 g/mol. The van der Waals surface area contributed by atoms with Crippen LogP contribution in [-0.2, 0) is 21.7 Å². The third kappa shape index (κ3) is 13.9. The maximum Gasteiger partial charge on any atom is 0.134 e. The molecule has 5 aromatic heterocycles. The van der Waals surface area contributed by atoms with Crippen LogP contribution in [0.4, 0.5) is 0 Å². The molecule has 0 unspecified atom stereocenters. The Kier molecular flexibility index (Phi) is 16.3. The summed E-state index contributed by atoms with van der Waals surface area (Å²) in [4.78, 5) is 21.4. The van der Waals surface area contributed by atoms with Crippen molar-refractivity contribution in [3.63, 3.8) is 0 Å². The number of pyridine rings is 1. The van der Waals surface area contributed by atoms with E-state index < -0.39 is 0 Å². The van der Waals surface area contributed by atoms with Crippen LogP contribution in [0.25, 0.3) is 43.4 Å². The minimum Gasteiger partial charge on any atom is -0.265 e. The van der Waals surface area contributed by atoms with E-state index in [1.807, 2.05) is 110 Å². The quantitative estimate of drug-likeness (QED) is 0.159. The molecule has 0 bridgehead atoms. The maximum atomic E-state index is 4.54. The molecule has 0 N–H and O–H groups in total. The van der Waals surface area contributed by atoms with Gasteiger partial charge in [0.15, 0.2) is 0 Å². The van der Waals surface area contributed by atoms with Gasteiger partial charge in [0.2, 0.25) is 0 Å². The third-order valence-corrected chi connectivity index (χ3v) is 10.3. The summed E-state index contributed by atoms with van der Waals surface area (Å²) in [5, 5.41) is 23.5. The smallest absolute Gasteiger partial charge is 0.134 e. The van der Waals surface area contributed by atoms with Gasteiger partial charge in [-0.05, 0) is 35.7 Å². The van der Waals surface area contributed by atoms with Crippen molar-refractivity contribution >= 4 is 43.4 Å². The highest BCUT2D eigenvalue weighted by atomic mass is 15.1. The fraction of sp³-hybridized carbons (Fsp3) is 0.339. The number of aromatic nitrogens is 9. The third-order valence-electron chi connectivity index (χ3n) is 10.3. The first-order valence-electron chi connectivity index (χ1n) is 22.4. The summed E-state index contributed by atoms with van der Waals surface area (Å²) < 4.78 is 0. The maximum absolute atomic E-state index is 4.54. The monoisotopic (exact) mass is 866 g/mol. The molecule has 0 spiro atoms. The number of hydrogen-bond donors (Lipinski definition) is 0. The molecule has 0 fully saturated rings. The molecule has 336 valence electrons. The van der Waals surface area contributed by atoms with Crippen LogP contribution in [0.15, 0.2) is 147 Å². The predicted molar refractivity (Wildman–Crippen MR) is 271 cm³/mol. The van der Waals surface area contributed by atoms with E-state index in [9.17, 15) is 0 Å². The Morgan fingerprint density at radius 1 is 0.400 bits per heavy atom. The summed E-state index contributed by atoms with van der Waals surface area (Å²) in [6, 6.07) is 36.7. The summed E-state index contributed by atoms with van der Waals surface area (Å²) in [5.74, 6) is 1.52. The van der Waals surface area contributed by atoms with E-state index in [0.717, 1.165) is 55.5 Å². The summed E-state index contributed by atoms with van der Waals surface area (Å²) in [5.41, 5.74) is 6.83. The highest BCUT2D eigenvalue weighted by Crippen LogP contribution is 2.29. The van der Waals surface area contributed by atoms with E-state index in [4.69, 9.17) is 0 Å². The molecule has 9 nitrogen and oxygen atoms in total. The van der Waals surface area contributed by atoms with Gasteiger partial charge in [0.05, 0.1) is 40.5 Å². The second kappa shape index (κ2) is 21.4. The standard InChI is InChI=1S/4C12H14N2.C8H11N/c1-12(2,3)11-9-6-4-5-7-10(9)13-8-14-11;1-12(2,3)11-13-8-9-6-4-5-7-10(9)14-11;2*1-12(2,3)11-10-7-5-4-6-9(10)8-13-14-11;1-7(2)8-3-5-9-6-4-8/h4*4-8H,1-3H3;3-7H,1-2H3. The lowest BCUT2D eigenvalue weighted by atomic mass is 9.89. The highest BCUT2D eigenvalue weighted by Gasteiger charge is 2.21. The van der Waals surface area contributed by atoms with E-state index in [1.165, 1.54) is 16.3 Å². The predicted octanol–water partition coefficient (Wildman–Crippen LogP) is 13.9. The largest absolute Gasteiger partial charge is 0.265 e. The van der Waals surface area contributed by atoms with E-state index in [1.54, 1.807) is 6.33 Å². The van der Waals surface area contributed by atoms with Crippen molar-refractivity contribution in [2.45, 2.75) is 125 Å². The van der Waals surface area contributed by atoms with Crippen molar-refractivity contribution in [1.29, 1.82) is 0 Å². The minimum absolute atomic E-state index is 0.0179. The van der Waals surface area contributed by atoms with Crippen LogP contribution in [-0.4, -0.2) is 45.3 Å². The van der Waals surface area contributed by atoms with Gasteiger partial charge in [-0.15, -0.1) is 0 Å². The Hall–Kier alpha value is -6.61. The van der Waals surface area contributed by atoms with Crippen molar-refractivity contribution < 1.29 is 0 Å². The summed E-state index contributed by atoms with van der Waals surface area (Å²) in [6.45, 7) is 30.2. The van der Waals surface area contributed by atoms with Gasteiger partial charge in [-0.1, -0.05) is 182 Å². The van der Waals surface area contributed by atoms with Crippen LogP contribution >= 0.6 is 0 Å². The topological polar surface area (TPSA) is 116 Å². The molecule has 0 saturated carbocycles. The Balaban J connectivity index is 0.000000154. The van der Waals surface area contributed by atoms with Crippen LogP contribution in [0.2, 0.25) is 0 Å². The number of rotatable bonds is 1. The van der Waals surface area contributed by atoms with Crippen LogP contribution in [0.3, 0.4) is 0 Å². The Morgan fingerprint density at radius 3 is 1.31 bits per heavy atom. The van der Waals surface area contributed by atoms with Gasteiger partial charge in [0.1, 0.15) is 12.2 Å². The van der Waals surface area contributed by atoms with E-state index in [0.29, 0.717) is 5.92 Å². The Bertz CT molecular complexity index is 2660. The van der Waals surface area contributed by atoms with Crippen molar-refractivity contribution in [1.82, 2.24) is 45.3 Å². The average molecular weight is 866 g/mol. The van der Waals surface area contributed by atoms with Crippen molar-refractivity contribution in [2.75, 3.05) is 0 Å². The molecular formula is C56H67N9. The molecule has 5 heterocycles. The van der Waals surface area contributed by atoms with E-state index >= 15 is 0 Å². The summed E-state index contributed by atoms with van der Waals surface area (Å²) in [6.07, 6.45) is 10.8. The van der Waals surface area contributed by atoms with Crippen molar-refractivity contribution in [3.8, 4) is 0 Å². The zero-order chi connectivity index (χ0) is 47.4. The molecule has 9 rings (SSSR count). The van der Waals surface area contributed by atoms with Gasteiger partial charge in [-0.2, -0.15) is 20.4 Å². The van der Waals surface area contributed by atoms with Gasteiger partial charge in [-0.3, -0.25) is 4.98 Å². The zero-order valence-electron chi connectivity index (χ0n) is 41.0. The molecule has 0 aliphatic rings. The van der Waals surface area contributed by atoms with Crippen molar-refractivity contribution in [3.05, 3.63) is 175 Å². The van der Waals surface area contributed by atoms with E-state index in [2.05, 4.69) is 173 Å². The highest BCUT2D eigenvalue weighted by molar-refractivity contribution is 5.85. The number of para-hydroxylation sites is 2. The first-order chi connectivity index (χ1) is 30.6. The summed E-state index contributed by atoms with van der Waals surface area (Å²) >= 11 is 0. The lowest BCUT2D eigenvalue weighted by molar-refractivity contribution is 0.548. The first-order valence-corrected chi connectivity index (χ1v) is 22.4. The van der Waals surface area contributed by atoms with Gasteiger partial charge < -0.3 is 0 Å². The van der Waals surface area contributed by atoms with Crippen molar-refractivity contribution in [2.24, 2.45) is 0 Å². The second-order valence-electron chi connectivity index (χ2n) is 20.5. The average Bonchev–Trinajstić information content (AvgIpc) is 3.28. The van der Waals surface area contributed by atoms with Crippen LogP contribution < -0.4 is 0 Å². The van der Waals surface area contributed by atoms with E-state index in [-0.39, 0.29) is 21.7 Å². The Labute approximate surface area is 386 Å². The van der Waals surface area contributed by atoms with Gasteiger partial charge in [0, 0.05) is 72.6 Å². The fourth-order valence-corrected chi connectivity index (χ4v) is 6.85. The number of hydrogen-bond acceptors (Lipinski definition) is 9. The first kappa shape index (κ1) is 49.4. The fourth-order valence-electron chi connectivity index (χ4n) is 6.85. The molecule has 0 radical (unpaired) electrons. The molecule has 9 aromatic rings. The molecule has 4 aromatic carbocycles. The normalized spacial score (nSPS) is 11.7. The molecule has 9 heteroatoms. The number of benzene rings is 4.